The Kier molecular flexibility index (Phi) is 4.00. The van der Waals surface area contributed by atoms with Crippen molar-refractivity contribution in [3.05, 3.63) is 34.7 Å². The second-order valence-electron chi connectivity index (χ2n) is 3.16. The first-order valence-corrected chi connectivity index (χ1v) is 5.23. The van der Waals surface area contributed by atoms with Crippen LogP contribution in [0.4, 0.5) is 18.9 Å². The van der Waals surface area contributed by atoms with Gasteiger partial charge in [-0.05, 0) is 12.1 Å². The van der Waals surface area contributed by atoms with E-state index >= 15 is 0 Å². The number of hydrogen-bond acceptors (Lipinski definition) is 3. The molecule has 2 aromatic rings. The number of nitrogens with zero attached hydrogens (tertiary/aromatic N) is 1. The van der Waals surface area contributed by atoms with Crippen molar-refractivity contribution in [2.75, 3.05) is 5.73 Å². The van der Waals surface area contributed by atoms with Crippen molar-refractivity contribution in [3.63, 3.8) is 0 Å². The normalized spacial score (nSPS) is 11.0. The molecule has 1 heterocycles. The van der Waals surface area contributed by atoms with E-state index in [0.717, 1.165) is 0 Å². The van der Waals surface area contributed by atoms with Crippen molar-refractivity contribution in [1.29, 1.82) is 0 Å². The van der Waals surface area contributed by atoms with Gasteiger partial charge in [0.05, 0.1) is 5.69 Å². The molecular weight excluding hydrogens is 273 g/mol. The fourth-order valence-corrected chi connectivity index (χ4v) is 1.89. The first-order chi connectivity index (χ1) is 7.47. The number of rotatable bonds is 1. The maximum atomic E-state index is 12.3. The summed E-state index contributed by atoms with van der Waals surface area (Å²) in [7, 11) is 0. The molecule has 1 aromatic heterocycles. The summed E-state index contributed by atoms with van der Waals surface area (Å²) in [5.41, 5.74) is 6.99. The molecule has 0 bridgehead atoms. The third-order valence-corrected chi connectivity index (χ3v) is 2.84. The highest BCUT2D eigenvalue weighted by Gasteiger charge is 2.34. The molecule has 0 amide bonds. The SMILES string of the molecule is Cl.Nc1ccc(-c2csc(C(F)(F)F)n2)cc1. The van der Waals surface area contributed by atoms with Crippen molar-refractivity contribution >= 4 is 29.4 Å². The average Bonchev–Trinajstić information content (AvgIpc) is 2.67. The molecule has 0 aliphatic carbocycles. The van der Waals surface area contributed by atoms with Crippen LogP contribution < -0.4 is 5.73 Å². The number of benzene rings is 1. The van der Waals surface area contributed by atoms with Crippen LogP contribution in [-0.2, 0) is 6.18 Å². The highest BCUT2D eigenvalue weighted by atomic mass is 35.5. The van der Waals surface area contributed by atoms with Crippen LogP contribution in [0.2, 0.25) is 0 Å². The summed E-state index contributed by atoms with van der Waals surface area (Å²) in [4.78, 5) is 3.53. The third-order valence-electron chi connectivity index (χ3n) is 1.95. The number of halogens is 4. The number of aromatic nitrogens is 1. The predicted octanol–water partition coefficient (Wildman–Crippen LogP) is 3.83. The Bertz CT molecular complexity index is 493. The molecule has 0 spiro atoms. The molecule has 0 saturated carbocycles. The minimum atomic E-state index is -4.38. The van der Waals surface area contributed by atoms with Crippen LogP contribution in [0.15, 0.2) is 29.6 Å². The van der Waals surface area contributed by atoms with Crippen LogP contribution in [-0.4, -0.2) is 4.98 Å². The fraction of sp³-hybridized carbons (Fsp3) is 0.100. The minimum Gasteiger partial charge on any atom is -0.399 e. The molecule has 1 aromatic carbocycles. The van der Waals surface area contributed by atoms with Crippen LogP contribution in [0.3, 0.4) is 0 Å². The van der Waals surface area contributed by atoms with Crippen LogP contribution in [0.5, 0.6) is 0 Å². The molecule has 0 radical (unpaired) electrons. The van der Waals surface area contributed by atoms with E-state index in [2.05, 4.69) is 4.98 Å². The van der Waals surface area contributed by atoms with E-state index < -0.39 is 11.2 Å². The zero-order valence-electron chi connectivity index (χ0n) is 8.36. The van der Waals surface area contributed by atoms with E-state index in [1.807, 2.05) is 0 Å². The zero-order chi connectivity index (χ0) is 11.8. The molecule has 2 N–H and O–H groups in total. The molecule has 92 valence electrons. The second kappa shape index (κ2) is 4.93. The fourth-order valence-electron chi connectivity index (χ4n) is 1.19. The monoisotopic (exact) mass is 280 g/mol. The Balaban J connectivity index is 0.00000144. The molecule has 0 saturated heterocycles. The largest absolute Gasteiger partial charge is 0.443 e. The van der Waals surface area contributed by atoms with Gasteiger partial charge in [0, 0.05) is 16.6 Å². The molecule has 2 rings (SSSR count). The van der Waals surface area contributed by atoms with Gasteiger partial charge in [0.25, 0.3) is 0 Å². The summed E-state index contributed by atoms with van der Waals surface area (Å²) < 4.78 is 36.9. The summed E-state index contributed by atoms with van der Waals surface area (Å²) in [6.07, 6.45) is -4.38. The Morgan fingerprint density at radius 1 is 1.12 bits per heavy atom. The Morgan fingerprint density at radius 2 is 1.71 bits per heavy atom. The number of hydrogen-bond donors (Lipinski definition) is 1. The lowest BCUT2D eigenvalue weighted by Gasteiger charge is -2.00. The van der Waals surface area contributed by atoms with Gasteiger partial charge in [0.2, 0.25) is 0 Å². The van der Waals surface area contributed by atoms with Crippen LogP contribution in [0.1, 0.15) is 5.01 Å². The number of nitrogens with two attached hydrogens (primary N) is 1. The standard InChI is InChI=1S/C10H7F3N2S.ClH/c11-10(12,13)9-15-8(5-16-9)6-1-3-7(14)4-2-6;/h1-5H,14H2;1H. The number of alkyl halides is 3. The maximum absolute atomic E-state index is 12.3. The van der Waals surface area contributed by atoms with Gasteiger partial charge >= 0.3 is 6.18 Å². The van der Waals surface area contributed by atoms with Crippen molar-refractivity contribution in [2.24, 2.45) is 0 Å². The third kappa shape index (κ3) is 3.10. The van der Waals surface area contributed by atoms with Gasteiger partial charge in [-0.25, -0.2) is 4.98 Å². The van der Waals surface area contributed by atoms with Gasteiger partial charge in [-0.15, -0.1) is 23.7 Å². The molecule has 0 fully saturated rings. The number of thiazole rings is 1. The van der Waals surface area contributed by atoms with Gasteiger partial charge in [-0.1, -0.05) is 12.1 Å². The molecule has 7 heteroatoms. The zero-order valence-corrected chi connectivity index (χ0v) is 9.99. The van der Waals surface area contributed by atoms with Crippen molar-refractivity contribution in [3.8, 4) is 11.3 Å². The molecule has 17 heavy (non-hydrogen) atoms. The molecule has 0 atom stereocenters. The molecule has 2 nitrogen and oxygen atoms in total. The van der Waals surface area contributed by atoms with Crippen molar-refractivity contribution in [2.45, 2.75) is 6.18 Å². The van der Waals surface area contributed by atoms with E-state index in [1.54, 1.807) is 24.3 Å². The van der Waals surface area contributed by atoms with E-state index in [4.69, 9.17) is 5.73 Å². The lowest BCUT2D eigenvalue weighted by Crippen LogP contribution is -2.03. The van der Waals surface area contributed by atoms with Crippen LogP contribution >= 0.6 is 23.7 Å². The molecule has 0 aliphatic heterocycles. The highest BCUT2D eigenvalue weighted by molar-refractivity contribution is 7.10. The minimum absolute atomic E-state index is 0. The quantitative estimate of drug-likeness (QED) is 0.806. The van der Waals surface area contributed by atoms with Crippen LogP contribution in [0, 0.1) is 0 Å². The first kappa shape index (κ1) is 13.8. The topological polar surface area (TPSA) is 38.9 Å². The van der Waals surface area contributed by atoms with Gasteiger partial charge in [0.15, 0.2) is 5.01 Å². The Labute approximate surface area is 106 Å². The predicted molar refractivity (Wildman–Crippen MR) is 64.2 cm³/mol. The van der Waals surface area contributed by atoms with Gasteiger partial charge in [-0.2, -0.15) is 13.2 Å². The molecule has 0 aliphatic rings. The summed E-state index contributed by atoms with van der Waals surface area (Å²) in [6.45, 7) is 0. The summed E-state index contributed by atoms with van der Waals surface area (Å²) in [6, 6.07) is 6.54. The maximum Gasteiger partial charge on any atom is 0.443 e. The molecule has 0 unspecified atom stereocenters. The van der Waals surface area contributed by atoms with E-state index in [1.165, 1.54) is 5.38 Å². The summed E-state index contributed by atoms with van der Waals surface area (Å²) in [5, 5.41) is 0.549. The highest BCUT2D eigenvalue weighted by Crippen LogP contribution is 2.34. The van der Waals surface area contributed by atoms with Crippen LogP contribution in [0.25, 0.3) is 11.3 Å². The van der Waals surface area contributed by atoms with Gasteiger partial charge < -0.3 is 5.73 Å². The van der Waals surface area contributed by atoms with Crippen molar-refractivity contribution in [1.82, 2.24) is 4.98 Å². The van der Waals surface area contributed by atoms with E-state index in [-0.39, 0.29) is 12.4 Å². The summed E-state index contributed by atoms with van der Waals surface area (Å²) in [5.74, 6) is 0. The van der Waals surface area contributed by atoms with E-state index in [9.17, 15) is 13.2 Å². The first-order valence-electron chi connectivity index (χ1n) is 4.35. The smallest absolute Gasteiger partial charge is 0.399 e. The average molecular weight is 281 g/mol. The number of anilines is 1. The Hall–Kier alpha value is -1.27. The molecular formula is C10H8ClF3N2S. The second-order valence-corrected chi connectivity index (χ2v) is 4.02. The number of nitrogen functional groups attached to an aromatic ring is 1. The Morgan fingerprint density at radius 3 is 2.18 bits per heavy atom. The lowest BCUT2D eigenvalue weighted by molar-refractivity contribution is -0.137. The van der Waals surface area contributed by atoms with Gasteiger partial charge in [-0.3, -0.25) is 0 Å². The van der Waals surface area contributed by atoms with Gasteiger partial charge in [0.1, 0.15) is 0 Å². The summed E-state index contributed by atoms with van der Waals surface area (Å²) >= 11 is 0.588. The van der Waals surface area contributed by atoms with E-state index in [0.29, 0.717) is 28.3 Å². The van der Waals surface area contributed by atoms with Crippen molar-refractivity contribution < 1.29 is 13.2 Å². The lowest BCUT2D eigenvalue weighted by atomic mass is 10.1.